The summed E-state index contributed by atoms with van der Waals surface area (Å²) in [4.78, 5) is 13.4. The molecule has 4 nitrogen and oxygen atoms in total. The predicted octanol–water partition coefficient (Wildman–Crippen LogP) is 1.85. The van der Waals surface area contributed by atoms with E-state index in [1.807, 2.05) is 20.8 Å². The molecule has 1 N–H and O–H groups in total. The Labute approximate surface area is 98.3 Å². The minimum Gasteiger partial charge on any atom is -0.444 e. The highest BCUT2D eigenvalue weighted by molar-refractivity contribution is 5.69. The Kier molecular flexibility index (Phi) is 4.59. The number of hydrogen-bond acceptors (Lipinski definition) is 3. The fourth-order valence-corrected chi connectivity index (χ4v) is 1.66. The Morgan fingerprint density at radius 2 is 2.06 bits per heavy atom. The van der Waals surface area contributed by atoms with Gasteiger partial charge in [0.05, 0.1) is 0 Å². The molecule has 1 heterocycles. The number of likely N-dealkylation sites (tertiary alicyclic amines) is 1. The Balaban J connectivity index is 2.13. The SMILES string of the molecule is CCCNCC1CN(C(=O)OC(C)(C)C)C1. The summed E-state index contributed by atoms with van der Waals surface area (Å²) in [6.07, 6.45) is 0.974. The molecule has 0 aromatic heterocycles. The maximum Gasteiger partial charge on any atom is 0.410 e. The average Bonchev–Trinajstić information content (AvgIpc) is 2.05. The highest BCUT2D eigenvalue weighted by Crippen LogP contribution is 2.18. The first-order valence-corrected chi connectivity index (χ1v) is 6.11. The monoisotopic (exact) mass is 228 g/mol. The van der Waals surface area contributed by atoms with Crippen molar-refractivity contribution in [2.24, 2.45) is 5.92 Å². The summed E-state index contributed by atoms with van der Waals surface area (Å²) >= 11 is 0. The van der Waals surface area contributed by atoms with E-state index in [0.717, 1.165) is 32.6 Å². The van der Waals surface area contributed by atoms with Gasteiger partial charge in [0.15, 0.2) is 0 Å². The second kappa shape index (κ2) is 5.53. The van der Waals surface area contributed by atoms with Crippen molar-refractivity contribution in [3.8, 4) is 0 Å². The highest BCUT2D eigenvalue weighted by Gasteiger charge is 2.33. The van der Waals surface area contributed by atoms with Crippen LogP contribution in [0.1, 0.15) is 34.1 Å². The number of nitrogens with zero attached hydrogens (tertiary/aromatic N) is 1. The van der Waals surface area contributed by atoms with Crippen LogP contribution < -0.4 is 5.32 Å². The largest absolute Gasteiger partial charge is 0.444 e. The Hall–Kier alpha value is -0.770. The van der Waals surface area contributed by atoms with Crippen LogP contribution in [0.2, 0.25) is 0 Å². The molecule has 1 rings (SSSR count). The van der Waals surface area contributed by atoms with Crippen molar-refractivity contribution in [2.45, 2.75) is 39.7 Å². The van der Waals surface area contributed by atoms with Gasteiger partial charge in [0, 0.05) is 25.6 Å². The minimum absolute atomic E-state index is 0.181. The summed E-state index contributed by atoms with van der Waals surface area (Å²) in [5.41, 5.74) is -0.386. The second-order valence-corrected chi connectivity index (χ2v) is 5.46. The number of hydrogen-bond donors (Lipinski definition) is 1. The molecule has 0 aromatic carbocycles. The van der Waals surface area contributed by atoms with Gasteiger partial charge < -0.3 is 15.0 Å². The van der Waals surface area contributed by atoms with Crippen molar-refractivity contribution in [3.05, 3.63) is 0 Å². The molecule has 94 valence electrons. The predicted molar refractivity (Wildman–Crippen MR) is 64.5 cm³/mol. The number of nitrogens with one attached hydrogen (secondary N) is 1. The zero-order valence-corrected chi connectivity index (χ0v) is 10.9. The van der Waals surface area contributed by atoms with E-state index in [1.165, 1.54) is 0 Å². The fraction of sp³-hybridized carbons (Fsp3) is 0.917. The number of rotatable bonds is 4. The van der Waals surface area contributed by atoms with Crippen LogP contribution in [0.25, 0.3) is 0 Å². The van der Waals surface area contributed by atoms with E-state index >= 15 is 0 Å². The molecule has 0 unspecified atom stereocenters. The third kappa shape index (κ3) is 4.39. The molecule has 0 bridgehead atoms. The van der Waals surface area contributed by atoms with Crippen LogP contribution in [0, 0.1) is 5.92 Å². The first-order valence-electron chi connectivity index (χ1n) is 6.11. The Morgan fingerprint density at radius 3 is 2.56 bits per heavy atom. The van der Waals surface area contributed by atoms with E-state index in [9.17, 15) is 4.79 Å². The topological polar surface area (TPSA) is 41.6 Å². The minimum atomic E-state index is -0.386. The maximum atomic E-state index is 11.6. The molecule has 0 saturated carbocycles. The van der Waals surface area contributed by atoms with Crippen LogP contribution in [0.5, 0.6) is 0 Å². The van der Waals surface area contributed by atoms with E-state index in [0.29, 0.717) is 5.92 Å². The molecular weight excluding hydrogens is 204 g/mol. The van der Waals surface area contributed by atoms with Crippen LogP contribution in [0.15, 0.2) is 0 Å². The second-order valence-electron chi connectivity index (χ2n) is 5.46. The van der Waals surface area contributed by atoms with Crippen molar-refractivity contribution in [1.29, 1.82) is 0 Å². The zero-order valence-electron chi connectivity index (χ0n) is 10.9. The molecule has 1 amide bonds. The van der Waals surface area contributed by atoms with Crippen molar-refractivity contribution in [2.75, 3.05) is 26.2 Å². The van der Waals surface area contributed by atoms with Gasteiger partial charge in [-0.05, 0) is 33.7 Å². The van der Waals surface area contributed by atoms with Crippen LogP contribution in [0.3, 0.4) is 0 Å². The first-order chi connectivity index (χ1) is 7.42. The molecule has 4 heteroatoms. The lowest BCUT2D eigenvalue weighted by atomic mass is 10.0. The van der Waals surface area contributed by atoms with E-state index < -0.39 is 0 Å². The lowest BCUT2D eigenvalue weighted by molar-refractivity contribution is -0.000725. The van der Waals surface area contributed by atoms with Gasteiger partial charge >= 0.3 is 6.09 Å². The number of amides is 1. The van der Waals surface area contributed by atoms with Crippen LogP contribution in [-0.2, 0) is 4.74 Å². The molecule has 1 saturated heterocycles. The lowest BCUT2D eigenvalue weighted by Crippen LogP contribution is -2.54. The lowest BCUT2D eigenvalue weighted by Gasteiger charge is -2.39. The molecule has 1 aliphatic heterocycles. The molecule has 0 spiro atoms. The summed E-state index contributed by atoms with van der Waals surface area (Å²) < 4.78 is 5.28. The molecule has 0 radical (unpaired) electrons. The summed E-state index contributed by atoms with van der Waals surface area (Å²) in [6, 6.07) is 0. The van der Waals surface area contributed by atoms with Gasteiger partial charge in [-0.2, -0.15) is 0 Å². The van der Waals surface area contributed by atoms with E-state index in [1.54, 1.807) is 4.90 Å². The molecule has 0 atom stereocenters. The third-order valence-electron chi connectivity index (χ3n) is 2.47. The Bertz CT molecular complexity index is 230. The molecule has 0 aliphatic carbocycles. The van der Waals surface area contributed by atoms with Gasteiger partial charge in [-0.25, -0.2) is 4.79 Å². The van der Waals surface area contributed by atoms with Crippen molar-refractivity contribution in [1.82, 2.24) is 10.2 Å². The number of carbonyl (C=O) groups excluding carboxylic acids is 1. The molecule has 1 fully saturated rings. The van der Waals surface area contributed by atoms with E-state index in [-0.39, 0.29) is 11.7 Å². The molecule has 16 heavy (non-hydrogen) atoms. The highest BCUT2D eigenvalue weighted by atomic mass is 16.6. The van der Waals surface area contributed by atoms with Gasteiger partial charge in [0.2, 0.25) is 0 Å². The third-order valence-corrected chi connectivity index (χ3v) is 2.47. The summed E-state index contributed by atoms with van der Waals surface area (Å²) in [7, 11) is 0. The fourth-order valence-electron chi connectivity index (χ4n) is 1.66. The van der Waals surface area contributed by atoms with E-state index in [2.05, 4.69) is 12.2 Å². The zero-order chi connectivity index (χ0) is 12.2. The van der Waals surface area contributed by atoms with Gasteiger partial charge in [0.1, 0.15) is 5.60 Å². The molecule has 1 aliphatic rings. The first kappa shape index (κ1) is 13.3. The quantitative estimate of drug-likeness (QED) is 0.747. The van der Waals surface area contributed by atoms with E-state index in [4.69, 9.17) is 4.74 Å². The summed E-state index contributed by atoms with van der Waals surface area (Å²) in [5, 5.41) is 3.37. The van der Waals surface area contributed by atoms with Crippen molar-refractivity contribution in [3.63, 3.8) is 0 Å². The standard InChI is InChI=1S/C12H24N2O2/c1-5-6-13-7-10-8-14(9-10)11(15)16-12(2,3)4/h10,13H,5-9H2,1-4H3. The van der Waals surface area contributed by atoms with Gasteiger partial charge in [0.25, 0.3) is 0 Å². The Morgan fingerprint density at radius 1 is 1.44 bits per heavy atom. The van der Waals surface area contributed by atoms with Gasteiger partial charge in [-0.1, -0.05) is 6.92 Å². The molecular formula is C12H24N2O2. The van der Waals surface area contributed by atoms with Crippen molar-refractivity contribution >= 4 is 6.09 Å². The summed E-state index contributed by atoms with van der Waals surface area (Å²) in [6.45, 7) is 11.6. The van der Waals surface area contributed by atoms with Crippen LogP contribution in [-0.4, -0.2) is 42.8 Å². The average molecular weight is 228 g/mol. The normalized spacial score (nSPS) is 17.1. The maximum absolute atomic E-state index is 11.6. The van der Waals surface area contributed by atoms with Gasteiger partial charge in [-0.15, -0.1) is 0 Å². The molecule has 0 aromatic rings. The number of carbonyl (C=O) groups is 1. The number of ether oxygens (including phenoxy) is 1. The van der Waals surface area contributed by atoms with Gasteiger partial charge in [-0.3, -0.25) is 0 Å². The van der Waals surface area contributed by atoms with Crippen molar-refractivity contribution < 1.29 is 9.53 Å². The van der Waals surface area contributed by atoms with Crippen LogP contribution in [0.4, 0.5) is 4.79 Å². The smallest absolute Gasteiger partial charge is 0.410 e. The summed E-state index contributed by atoms with van der Waals surface area (Å²) in [5.74, 6) is 0.596. The van der Waals surface area contributed by atoms with Crippen LogP contribution >= 0.6 is 0 Å².